The molecular weight excluding hydrogens is 122 g/mol. The molecule has 0 bridgehead atoms. The molecule has 40 valence electrons. The molecule has 0 aromatic carbocycles. The number of carbonyl (C=O) groups excluding carboxylic acids is 1. The normalized spacial score (nSPS) is 17.9. The number of nitriles is 1. The quantitative estimate of drug-likeness (QED) is 0.478. The number of thioether (sulfide) groups is 1. The fraction of sp³-hybridized carbons (Fsp3) is 0.200. The van der Waals surface area contributed by atoms with Gasteiger partial charge >= 0.3 is 0 Å². The Labute approximate surface area is 51.2 Å². The van der Waals surface area contributed by atoms with Crippen molar-refractivity contribution >= 4 is 17.5 Å². The van der Waals surface area contributed by atoms with E-state index < -0.39 is 0 Å². The van der Waals surface area contributed by atoms with Crippen molar-refractivity contribution in [3.63, 3.8) is 0 Å². The summed E-state index contributed by atoms with van der Waals surface area (Å²) in [7, 11) is 0. The van der Waals surface area contributed by atoms with Crippen molar-refractivity contribution in [2.24, 2.45) is 0 Å². The summed E-state index contributed by atoms with van der Waals surface area (Å²) in [6.07, 6.45) is 0. The molecule has 1 aliphatic heterocycles. The first-order valence-electron chi connectivity index (χ1n) is 2.09. The molecule has 1 aliphatic rings. The van der Waals surface area contributed by atoms with Crippen molar-refractivity contribution in [3.8, 4) is 6.07 Å². The zero-order chi connectivity index (χ0) is 5.98. The number of nitrogens with zero attached hydrogens (tertiary/aromatic N) is 1. The Morgan fingerprint density at radius 3 is 2.88 bits per heavy atom. The Kier molecular flexibility index (Phi) is 1.36. The van der Waals surface area contributed by atoms with Gasteiger partial charge in [0, 0.05) is 0 Å². The van der Waals surface area contributed by atoms with Gasteiger partial charge in [0.25, 0.3) is 0 Å². The van der Waals surface area contributed by atoms with Crippen LogP contribution in [0.3, 0.4) is 0 Å². The molecule has 0 N–H and O–H groups in total. The Balaban J connectivity index is 2.81. The van der Waals surface area contributed by atoms with E-state index in [1.807, 2.05) is 0 Å². The maximum Gasteiger partial charge on any atom is 0.184 e. The van der Waals surface area contributed by atoms with Crippen molar-refractivity contribution in [2.45, 2.75) is 0 Å². The molecule has 0 unspecified atom stereocenters. The van der Waals surface area contributed by atoms with E-state index >= 15 is 0 Å². The SMILES string of the molecule is N#CC1=CSCC1=O. The second-order valence-electron chi connectivity index (χ2n) is 1.38. The largest absolute Gasteiger partial charge is 0.292 e. The van der Waals surface area contributed by atoms with Crippen molar-refractivity contribution < 1.29 is 4.79 Å². The summed E-state index contributed by atoms with van der Waals surface area (Å²) in [4.78, 5) is 10.5. The van der Waals surface area contributed by atoms with Crippen molar-refractivity contribution in [1.82, 2.24) is 0 Å². The molecule has 3 heteroatoms. The summed E-state index contributed by atoms with van der Waals surface area (Å²) in [5.74, 6) is 0.403. The third-order valence-electron chi connectivity index (χ3n) is 0.836. The molecule has 1 rings (SSSR count). The molecule has 0 aromatic heterocycles. The second-order valence-corrected chi connectivity index (χ2v) is 2.24. The molecule has 2 nitrogen and oxygen atoms in total. The van der Waals surface area contributed by atoms with Gasteiger partial charge in [0.1, 0.15) is 11.6 Å². The Morgan fingerprint density at radius 1 is 1.88 bits per heavy atom. The van der Waals surface area contributed by atoms with Crippen LogP contribution in [-0.4, -0.2) is 11.5 Å². The van der Waals surface area contributed by atoms with Gasteiger partial charge in [-0.15, -0.1) is 11.8 Å². The molecule has 0 saturated heterocycles. The van der Waals surface area contributed by atoms with Gasteiger partial charge in [-0.1, -0.05) is 0 Å². The van der Waals surface area contributed by atoms with Gasteiger partial charge in [-0.2, -0.15) is 5.26 Å². The van der Waals surface area contributed by atoms with Crippen LogP contribution >= 0.6 is 11.8 Å². The molecule has 0 fully saturated rings. The molecule has 8 heavy (non-hydrogen) atoms. The first-order chi connectivity index (χ1) is 3.84. The highest BCUT2D eigenvalue weighted by Gasteiger charge is 2.13. The van der Waals surface area contributed by atoms with E-state index in [9.17, 15) is 4.79 Å². The van der Waals surface area contributed by atoms with Crippen LogP contribution < -0.4 is 0 Å². The van der Waals surface area contributed by atoms with Crippen molar-refractivity contribution in [1.29, 1.82) is 5.26 Å². The highest BCUT2D eigenvalue weighted by Crippen LogP contribution is 2.16. The molecule has 0 atom stereocenters. The van der Waals surface area contributed by atoms with Gasteiger partial charge in [0.15, 0.2) is 5.78 Å². The molecule has 0 saturated carbocycles. The number of carbonyl (C=O) groups is 1. The Bertz CT molecular complexity index is 189. The van der Waals surface area contributed by atoms with Gasteiger partial charge in [-0.3, -0.25) is 4.79 Å². The van der Waals surface area contributed by atoms with Crippen LogP contribution in [0.5, 0.6) is 0 Å². The summed E-state index contributed by atoms with van der Waals surface area (Å²) < 4.78 is 0. The minimum atomic E-state index is -0.0440. The van der Waals surface area contributed by atoms with Gasteiger partial charge in [0.05, 0.1) is 5.75 Å². The lowest BCUT2D eigenvalue weighted by atomic mass is 10.2. The number of allylic oxidation sites excluding steroid dienone is 1. The standard InChI is InChI=1S/C5H3NOS/c6-1-4-2-8-3-5(4)7/h2H,3H2. The lowest BCUT2D eigenvalue weighted by Crippen LogP contribution is -1.95. The first kappa shape index (κ1) is 5.39. The first-order valence-corrected chi connectivity index (χ1v) is 3.14. The van der Waals surface area contributed by atoms with Gasteiger partial charge < -0.3 is 0 Å². The van der Waals surface area contributed by atoms with Crippen LogP contribution in [-0.2, 0) is 4.79 Å². The Hall–Kier alpha value is -0.750. The van der Waals surface area contributed by atoms with E-state index in [1.54, 1.807) is 11.5 Å². The lowest BCUT2D eigenvalue weighted by molar-refractivity contribution is -0.112. The molecule has 0 aliphatic carbocycles. The van der Waals surface area contributed by atoms with Crippen LogP contribution in [0.1, 0.15) is 0 Å². The summed E-state index contributed by atoms with van der Waals surface area (Å²) in [6.45, 7) is 0. The highest BCUT2D eigenvalue weighted by molar-refractivity contribution is 8.03. The maximum atomic E-state index is 10.5. The van der Waals surface area contributed by atoms with Gasteiger partial charge in [-0.25, -0.2) is 0 Å². The molecular formula is C5H3NOS. The number of hydrogen-bond acceptors (Lipinski definition) is 3. The monoisotopic (exact) mass is 125 g/mol. The predicted octanol–water partition coefficient (Wildman–Crippen LogP) is 0.710. The van der Waals surface area contributed by atoms with E-state index in [2.05, 4.69) is 0 Å². The molecule has 0 aromatic rings. The zero-order valence-electron chi connectivity index (χ0n) is 4.05. The number of ketones is 1. The van der Waals surface area contributed by atoms with Crippen LogP contribution in [0.15, 0.2) is 11.0 Å². The van der Waals surface area contributed by atoms with E-state index in [0.29, 0.717) is 11.3 Å². The minimum Gasteiger partial charge on any atom is -0.292 e. The van der Waals surface area contributed by atoms with E-state index in [-0.39, 0.29) is 5.78 Å². The van der Waals surface area contributed by atoms with Crippen LogP contribution in [0.4, 0.5) is 0 Å². The van der Waals surface area contributed by atoms with Crippen molar-refractivity contribution in [3.05, 3.63) is 11.0 Å². The average molecular weight is 125 g/mol. The number of Topliss-reactive ketones (excluding diaryl/α,β-unsaturated/α-hetero) is 1. The topological polar surface area (TPSA) is 40.9 Å². The van der Waals surface area contributed by atoms with E-state index in [0.717, 1.165) is 0 Å². The fourth-order valence-electron chi connectivity index (χ4n) is 0.433. The highest BCUT2D eigenvalue weighted by atomic mass is 32.2. The summed E-state index contributed by atoms with van der Waals surface area (Å²) in [5.41, 5.74) is 0.301. The second kappa shape index (κ2) is 2.01. The van der Waals surface area contributed by atoms with Crippen LogP contribution in [0.25, 0.3) is 0 Å². The van der Waals surface area contributed by atoms with Gasteiger partial charge in [-0.05, 0) is 5.41 Å². The van der Waals surface area contributed by atoms with E-state index in [4.69, 9.17) is 5.26 Å². The fourth-order valence-corrected chi connectivity index (χ4v) is 1.17. The lowest BCUT2D eigenvalue weighted by Gasteiger charge is -1.77. The number of hydrogen-bond donors (Lipinski definition) is 0. The zero-order valence-corrected chi connectivity index (χ0v) is 4.86. The Morgan fingerprint density at radius 2 is 2.62 bits per heavy atom. The predicted molar refractivity (Wildman–Crippen MR) is 31.2 cm³/mol. The number of rotatable bonds is 0. The van der Waals surface area contributed by atoms with E-state index in [1.165, 1.54) is 11.8 Å². The molecule has 0 spiro atoms. The third kappa shape index (κ3) is 0.749. The smallest absolute Gasteiger partial charge is 0.184 e. The van der Waals surface area contributed by atoms with Crippen molar-refractivity contribution in [2.75, 3.05) is 5.75 Å². The molecule has 1 heterocycles. The molecule has 0 radical (unpaired) electrons. The maximum absolute atomic E-state index is 10.5. The summed E-state index contributed by atoms with van der Waals surface area (Å²) >= 11 is 1.38. The van der Waals surface area contributed by atoms with Crippen LogP contribution in [0.2, 0.25) is 0 Å². The minimum absolute atomic E-state index is 0.0440. The molecule has 0 amide bonds. The summed E-state index contributed by atoms with van der Waals surface area (Å²) in [5, 5.41) is 9.78. The summed E-state index contributed by atoms with van der Waals surface area (Å²) in [6, 6.07) is 1.80. The van der Waals surface area contributed by atoms with Gasteiger partial charge in [0.2, 0.25) is 0 Å². The average Bonchev–Trinajstić information content (AvgIpc) is 2.14. The third-order valence-corrected chi connectivity index (χ3v) is 1.67. The van der Waals surface area contributed by atoms with Crippen LogP contribution in [0, 0.1) is 11.3 Å².